The summed E-state index contributed by atoms with van der Waals surface area (Å²) in [5.74, 6) is -0.0785. The topological polar surface area (TPSA) is 46.9 Å². The molecule has 1 aromatic carbocycles. The molecule has 0 atom stereocenters. The number of halogens is 1. The molecule has 0 bridgehead atoms. The van der Waals surface area contributed by atoms with Gasteiger partial charge >= 0.3 is 0 Å². The SMILES string of the molecule is CC(C)c1nn(-c2ccc(F)cc2)c(C(C)C)c1C(=O)NC1CC1. The smallest absolute Gasteiger partial charge is 0.255 e. The van der Waals surface area contributed by atoms with Crippen LogP contribution in [0.5, 0.6) is 0 Å². The average molecular weight is 329 g/mol. The second-order valence-corrected chi connectivity index (χ2v) is 7.09. The number of carbonyl (C=O) groups is 1. The Morgan fingerprint density at radius 1 is 1.17 bits per heavy atom. The van der Waals surface area contributed by atoms with E-state index in [1.807, 2.05) is 13.8 Å². The van der Waals surface area contributed by atoms with Gasteiger partial charge in [0.1, 0.15) is 5.82 Å². The maximum atomic E-state index is 13.3. The van der Waals surface area contributed by atoms with E-state index in [2.05, 4.69) is 19.2 Å². The molecule has 5 heteroatoms. The van der Waals surface area contributed by atoms with Crippen molar-refractivity contribution in [1.29, 1.82) is 0 Å². The Balaban J connectivity index is 2.14. The maximum Gasteiger partial charge on any atom is 0.255 e. The third kappa shape index (κ3) is 3.21. The molecule has 1 heterocycles. The molecule has 24 heavy (non-hydrogen) atoms. The van der Waals surface area contributed by atoms with Gasteiger partial charge in [-0.15, -0.1) is 0 Å². The van der Waals surface area contributed by atoms with Crippen LogP contribution in [-0.4, -0.2) is 21.7 Å². The largest absolute Gasteiger partial charge is 0.349 e. The Hall–Kier alpha value is -2.17. The second kappa shape index (κ2) is 6.38. The van der Waals surface area contributed by atoms with E-state index >= 15 is 0 Å². The lowest BCUT2D eigenvalue weighted by molar-refractivity contribution is 0.0948. The molecule has 0 spiro atoms. The van der Waals surface area contributed by atoms with Crippen molar-refractivity contribution in [1.82, 2.24) is 15.1 Å². The average Bonchev–Trinajstić information content (AvgIpc) is 3.23. The summed E-state index contributed by atoms with van der Waals surface area (Å²) in [7, 11) is 0. The lowest BCUT2D eigenvalue weighted by Crippen LogP contribution is -2.27. The summed E-state index contributed by atoms with van der Waals surface area (Å²) in [6, 6.07) is 6.52. The predicted octanol–water partition coefficient (Wildman–Crippen LogP) is 4.15. The minimum absolute atomic E-state index is 0.0433. The molecule has 0 unspecified atom stereocenters. The zero-order valence-electron chi connectivity index (χ0n) is 14.6. The highest BCUT2D eigenvalue weighted by molar-refractivity contribution is 5.97. The molecule has 1 saturated carbocycles. The van der Waals surface area contributed by atoms with Gasteiger partial charge in [-0.1, -0.05) is 27.7 Å². The van der Waals surface area contributed by atoms with Crippen LogP contribution in [-0.2, 0) is 0 Å². The standard InChI is InChI=1S/C19H24FN3O/c1-11(2)17-16(19(24)21-14-7-8-14)18(12(3)4)23(22-17)15-9-5-13(20)6-10-15/h5-6,9-12,14H,7-8H2,1-4H3,(H,21,24). The molecule has 128 valence electrons. The van der Waals surface area contributed by atoms with Gasteiger partial charge in [-0.3, -0.25) is 4.79 Å². The van der Waals surface area contributed by atoms with Crippen molar-refractivity contribution in [2.24, 2.45) is 0 Å². The van der Waals surface area contributed by atoms with Gasteiger partial charge in [0.25, 0.3) is 5.91 Å². The Labute approximate surface area is 142 Å². The number of aromatic nitrogens is 2. The lowest BCUT2D eigenvalue weighted by atomic mass is 9.98. The van der Waals surface area contributed by atoms with Gasteiger partial charge in [0.2, 0.25) is 0 Å². The zero-order valence-corrected chi connectivity index (χ0v) is 14.6. The molecular weight excluding hydrogens is 305 g/mol. The summed E-state index contributed by atoms with van der Waals surface area (Å²) in [4.78, 5) is 12.8. The van der Waals surface area contributed by atoms with Crippen molar-refractivity contribution < 1.29 is 9.18 Å². The number of nitrogens with zero attached hydrogens (tertiary/aromatic N) is 2. The van der Waals surface area contributed by atoms with Crippen LogP contribution in [0, 0.1) is 5.82 Å². The molecule has 0 radical (unpaired) electrons. The summed E-state index contributed by atoms with van der Waals surface area (Å²) in [5.41, 5.74) is 3.12. The van der Waals surface area contributed by atoms with Gasteiger partial charge in [-0.2, -0.15) is 5.10 Å². The fourth-order valence-electron chi connectivity index (χ4n) is 2.88. The van der Waals surface area contributed by atoms with Gasteiger partial charge < -0.3 is 5.32 Å². The predicted molar refractivity (Wildman–Crippen MR) is 92.2 cm³/mol. The first-order chi connectivity index (χ1) is 11.4. The summed E-state index contributed by atoms with van der Waals surface area (Å²) >= 11 is 0. The van der Waals surface area contributed by atoms with Crippen molar-refractivity contribution in [3.63, 3.8) is 0 Å². The summed E-state index contributed by atoms with van der Waals surface area (Å²) in [6.07, 6.45) is 2.09. The van der Waals surface area contributed by atoms with E-state index in [0.29, 0.717) is 11.6 Å². The fourth-order valence-corrected chi connectivity index (χ4v) is 2.88. The Kier molecular flexibility index (Phi) is 4.43. The van der Waals surface area contributed by atoms with Gasteiger partial charge in [0, 0.05) is 6.04 Å². The fraction of sp³-hybridized carbons (Fsp3) is 0.474. The van der Waals surface area contributed by atoms with E-state index in [-0.39, 0.29) is 23.6 Å². The first-order valence-electron chi connectivity index (χ1n) is 8.58. The summed E-state index contributed by atoms with van der Waals surface area (Å²) in [5, 5.41) is 7.80. The normalized spacial score (nSPS) is 14.5. The molecule has 1 aliphatic carbocycles. The Bertz CT molecular complexity index is 743. The lowest BCUT2D eigenvalue weighted by Gasteiger charge is -2.13. The van der Waals surface area contributed by atoms with Gasteiger partial charge in [0.05, 0.1) is 22.6 Å². The highest BCUT2D eigenvalue weighted by Crippen LogP contribution is 2.31. The van der Waals surface area contributed by atoms with E-state index in [1.54, 1.807) is 16.8 Å². The third-order valence-corrected chi connectivity index (χ3v) is 4.25. The van der Waals surface area contributed by atoms with Crippen molar-refractivity contribution in [3.8, 4) is 5.69 Å². The molecule has 4 nitrogen and oxygen atoms in total. The summed E-state index contributed by atoms with van der Waals surface area (Å²) in [6.45, 7) is 8.18. The second-order valence-electron chi connectivity index (χ2n) is 7.09. The number of hydrogen-bond acceptors (Lipinski definition) is 2. The first-order valence-corrected chi connectivity index (χ1v) is 8.58. The van der Waals surface area contributed by atoms with E-state index < -0.39 is 0 Å². The molecule has 1 amide bonds. The molecular formula is C19H24FN3O. The Morgan fingerprint density at radius 2 is 1.79 bits per heavy atom. The first kappa shape index (κ1) is 16.7. The van der Waals surface area contributed by atoms with Gasteiger partial charge in [0.15, 0.2) is 0 Å². The highest BCUT2D eigenvalue weighted by Gasteiger charge is 2.31. The van der Waals surface area contributed by atoms with Crippen LogP contribution in [0.4, 0.5) is 4.39 Å². The molecule has 1 aliphatic rings. The number of amides is 1. The number of nitrogens with one attached hydrogen (secondary N) is 1. The van der Waals surface area contributed by atoms with E-state index in [1.165, 1.54) is 12.1 Å². The molecule has 1 aromatic heterocycles. The van der Waals surface area contributed by atoms with E-state index in [4.69, 9.17) is 5.10 Å². The van der Waals surface area contributed by atoms with Gasteiger partial charge in [-0.05, 0) is 48.9 Å². The van der Waals surface area contributed by atoms with Crippen molar-refractivity contribution in [3.05, 3.63) is 47.0 Å². The minimum atomic E-state index is -0.284. The monoisotopic (exact) mass is 329 g/mol. The molecule has 1 fully saturated rings. The summed E-state index contributed by atoms with van der Waals surface area (Å²) < 4.78 is 15.1. The van der Waals surface area contributed by atoms with E-state index in [9.17, 15) is 9.18 Å². The quantitative estimate of drug-likeness (QED) is 0.896. The third-order valence-electron chi connectivity index (χ3n) is 4.25. The van der Waals surface area contributed by atoms with Crippen molar-refractivity contribution >= 4 is 5.91 Å². The molecule has 0 aliphatic heterocycles. The van der Waals surface area contributed by atoms with Crippen LogP contribution in [0.25, 0.3) is 5.69 Å². The molecule has 1 N–H and O–H groups in total. The van der Waals surface area contributed by atoms with Crippen LogP contribution < -0.4 is 5.32 Å². The van der Waals surface area contributed by atoms with Crippen LogP contribution >= 0.6 is 0 Å². The van der Waals surface area contributed by atoms with Crippen LogP contribution in [0.2, 0.25) is 0 Å². The minimum Gasteiger partial charge on any atom is -0.349 e. The van der Waals surface area contributed by atoms with Crippen LogP contribution in [0.3, 0.4) is 0 Å². The van der Waals surface area contributed by atoms with E-state index in [0.717, 1.165) is 29.9 Å². The zero-order chi connectivity index (χ0) is 17.4. The van der Waals surface area contributed by atoms with Crippen molar-refractivity contribution in [2.45, 2.75) is 58.4 Å². The van der Waals surface area contributed by atoms with Crippen LogP contribution in [0.15, 0.2) is 24.3 Å². The molecule has 3 rings (SSSR count). The van der Waals surface area contributed by atoms with Crippen molar-refractivity contribution in [2.75, 3.05) is 0 Å². The van der Waals surface area contributed by atoms with Crippen LogP contribution in [0.1, 0.15) is 74.1 Å². The highest BCUT2D eigenvalue weighted by atomic mass is 19.1. The van der Waals surface area contributed by atoms with Gasteiger partial charge in [-0.25, -0.2) is 9.07 Å². The number of hydrogen-bond donors (Lipinski definition) is 1. The number of carbonyl (C=O) groups excluding carboxylic acids is 1. The number of benzene rings is 1. The Morgan fingerprint density at radius 3 is 2.29 bits per heavy atom. The molecule has 0 saturated heterocycles. The maximum absolute atomic E-state index is 13.3. The number of rotatable bonds is 5. The molecule has 2 aromatic rings.